The number of carbonyl (C=O) groups excluding carboxylic acids is 3. The Bertz CT molecular complexity index is 1330. The summed E-state index contributed by atoms with van der Waals surface area (Å²) in [6, 6.07) is 16.5. The molecule has 3 aromatic rings. The molecule has 0 bridgehead atoms. The van der Waals surface area contributed by atoms with Crippen LogP contribution in [0.3, 0.4) is 0 Å². The van der Waals surface area contributed by atoms with Crippen LogP contribution in [0.2, 0.25) is 10.0 Å². The van der Waals surface area contributed by atoms with Crippen molar-refractivity contribution in [3.8, 4) is 5.75 Å². The van der Waals surface area contributed by atoms with Gasteiger partial charge < -0.3 is 30.2 Å². The number of hydrogen-bond donors (Lipinski definition) is 3. The van der Waals surface area contributed by atoms with Gasteiger partial charge in [0.25, 0.3) is 5.91 Å². The lowest BCUT2D eigenvalue weighted by molar-refractivity contribution is 0.0601. The van der Waals surface area contributed by atoms with E-state index in [0.29, 0.717) is 28.9 Å². The highest BCUT2D eigenvalue weighted by Gasteiger charge is 2.18. The van der Waals surface area contributed by atoms with Gasteiger partial charge >= 0.3 is 12.0 Å². The second kappa shape index (κ2) is 15.1. The maximum Gasteiger partial charge on any atom is 0.340 e. The number of anilines is 2. The predicted molar refractivity (Wildman–Crippen MR) is 156 cm³/mol. The first-order valence-corrected chi connectivity index (χ1v) is 13.3. The molecule has 0 atom stereocenters. The number of esters is 1. The minimum Gasteiger partial charge on any atom is -0.491 e. The Kier molecular flexibility index (Phi) is 11.6. The Hall–Kier alpha value is -3.79. The summed E-state index contributed by atoms with van der Waals surface area (Å²) in [5.74, 6) is -0.362. The molecule has 3 rings (SSSR count). The number of urea groups is 1. The van der Waals surface area contributed by atoms with Gasteiger partial charge in [0.2, 0.25) is 0 Å². The van der Waals surface area contributed by atoms with Crippen LogP contribution < -0.4 is 20.7 Å². The molecular formula is C29H31Cl2N3O6. The van der Waals surface area contributed by atoms with Gasteiger partial charge in [-0.05, 0) is 60.0 Å². The topological polar surface area (TPSA) is 115 Å². The fourth-order valence-corrected chi connectivity index (χ4v) is 4.04. The minimum atomic E-state index is -0.653. The fraction of sp³-hybridized carbons (Fsp3) is 0.276. The number of nitrogens with one attached hydrogen (secondary N) is 3. The van der Waals surface area contributed by atoms with Gasteiger partial charge in [0.1, 0.15) is 12.4 Å². The molecule has 11 heteroatoms. The quantitative estimate of drug-likeness (QED) is 0.167. The average molecular weight is 588 g/mol. The number of hydrogen-bond acceptors (Lipinski definition) is 6. The lowest BCUT2D eigenvalue weighted by atomic mass is 10.0. The monoisotopic (exact) mass is 587 g/mol. The molecule has 3 N–H and O–H groups in total. The number of methoxy groups -OCH3 is 1. The van der Waals surface area contributed by atoms with Crippen molar-refractivity contribution in [1.82, 2.24) is 5.32 Å². The molecule has 0 aromatic heterocycles. The van der Waals surface area contributed by atoms with Crippen molar-refractivity contribution >= 4 is 52.5 Å². The zero-order valence-corrected chi connectivity index (χ0v) is 23.9. The summed E-state index contributed by atoms with van der Waals surface area (Å²) in [6.45, 7) is 5.27. The van der Waals surface area contributed by atoms with Crippen LogP contribution in [0.25, 0.3) is 0 Å². The van der Waals surface area contributed by atoms with E-state index < -0.39 is 11.9 Å². The molecule has 0 fully saturated rings. The first-order valence-electron chi connectivity index (χ1n) is 12.5. The molecule has 0 unspecified atom stereocenters. The van der Waals surface area contributed by atoms with Crippen LogP contribution in [0.5, 0.6) is 5.75 Å². The van der Waals surface area contributed by atoms with E-state index in [0.717, 1.165) is 0 Å². The van der Waals surface area contributed by atoms with Gasteiger partial charge in [-0.25, -0.2) is 9.59 Å². The Morgan fingerprint density at radius 2 is 1.60 bits per heavy atom. The molecule has 0 heterocycles. The van der Waals surface area contributed by atoms with E-state index in [4.69, 9.17) is 37.4 Å². The number of benzene rings is 3. The molecule has 0 saturated heterocycles. The van der Waals surface area contributed by atoms with Gasteiger partial charge in [0, 0.05) is 17.3 Å². The smallest absolute Gasteiger partial charge is 0.340 e. The summed E-state index contributed by atoms with van der Waals surface area (Å²) >= 11 is 12.0. The van der Waals surface area contributed by atoms with E-state index >= 15 is 0 Å². The van der Waals surface area contributed by atoms with E-state index in [1.54, 1.807) is 12.1 Å². The zero-order chi connectivity index (χ0) is 29.1. The SMILES string of the molecule is COC(=O)c1cc(OCCOCCNC(=O)Nc2ccc(C(C)C)cc2)ccc1NC(=O)c1ccc(Cl)cc1Cl. The highest BCUT2D eigenvalue weighted by atomic mass is 35.5. The lowest BCUT2D eigenvalue weighted by Crippen LogP contribution is -2.31. The molecule has 0 aliphatic heterocycles. The average Bonchev–Trinajstić information content (AvgIpc) is 2.92. The van der Waals surface area contributed by atoms with E-state index in [1.165, 1.54) is 36.9 Å². The molecule has 0 saturated carbocycles. The van der Waals surface area contributed by atoms with Crippen molar-refractivity contribution < 1.29 is 28.6 Å². The second-order valence-corrected chi connectivity index (χ2v) is 9.74. The molecular weight excluding hydrogens is 557 g/mol. The van der Waals surface area contributed by atoms with Crippen LogP contribution in [-0.4, -0.2) is 51.4 Å². The molecule has 40 heavy (non-hydrogen) atoms. The molecule has 212 valence electrons. The van der Waals surface area contributed by atoms with Gasteiger partial charge in [0.15, 0.2) is 0 Å². The predicted octanol–water partition coefficient (Wildman–Crippen LogP) is 6.37. The Morgan fingerprint density at radius 3 is 2.27 bits per heavy atom. The van der Waals surface area contributed by atoms with Crippen molar-refractivity contribution in [2.75, 3.05) is 44.1 Å². The Morgan fingerprint density at radius 1 is 0.850 bits per heavy atom. The summed E-state index contributed by atoms with van der Waals surface area (Å²) in [6.07, 6.45) is 0. The van der Waals surface area contributed by atoms with Crippen molar-refractivity contribution in [3.05, 3.63) is 87.4 Å². The molecule has 3 aromatic carbocycles. The molecule has 9 nitrogen and oxygen atoms in total. The molecule has 3 amide bonds. The number of amides is 3. The number of halogens is 2. The number of ether oxygens (including phenoxy) is 3. The zero-order valence-electron chi connectivity index (χ0n) is 22.4. The van der Waals surface area contributed by atoms with Crippen LogP contribution in [-0.2, 0) is 9.47 Å². The maximum absolute atomic E-state index is 12.7. The summed E-state index contributed by atoms with van der Waals surface area (Å²) in [5, 5.41) is 8.74. The van der Waals surface area contributed by atoms with Crippen LogP contribution in [0.15, 0.2) is 60.7 Å². The Balaban J connectivity index is 1.43. The van der Waals surface area contributed by atoms with Crippen molar-refractivity contribution in [2.45, 2.75) is 19.8 Å². The summed E-state index contributed by atoms with van der Waals surface area (Å²) < 4.78 is 16.0. The number of carbonyl (C=O) groups is 3. The number of rotatable bonds is 12. The highest BCUT2D eigenvalue weighted by Crippen LogP contribution is 2.26. The van der Waals surface area contributed by atoms with Gasteiger partial charge in [-0.15, -0.1) is 0 Å². The van der Waals surface area contributed by atoms with Crippen LogP contribution in [0, 0.1) is 0 Å². The van der Waals surface area contributed by atoms with E-state index in [-0.39, 0.29) is 47.7 Å². The third kappa shape index (κ3) is 9.15. The normalized spacial score (nSPS) is 10.7. The van der Waals surface area contributed by atoms with E-state index in [2.05, 4.69) is 29.8 Å². The second-order valence-electron chi connectivity index (χ2n) is 8.90. The minimum absolute atomic E-state index is 0.105. The van der Waals surface area contributed by atoms with Crippen LogP contribution >= 0.6 is 23.2 Å². The summed E-state index contributed by atoms with van der Waals surface area (Å²) in [7, 11) is 1.24. The highest BCUT2D eigenvalue weighted by molar-refractivity contribution is 6.37. The first kappa shape index (κ1) is 30.7. The molecule has 0 aliphatic carbocycles. The van der Waals surface area contributed by atoms with Gasteiger partial charge in [-0.2, -0.15) is 0 Å². The molecule has 0 aliphatic rings. The standard InChI is InChI=1S/C29H31Cl2N3O6/c1-18(2)19-4-7-21(8-5-19)33-29(37)32-12-13-39-14-15-40-22-9-11-26(24(17-22)28(36)38-3)34-27(35)23-10-6-20(30)16-25(23)31/h4-11,16-18H,12-15H2,1-3H3,(H,34,35)(H2,32,33,37). The summed E-state index contributed by atoms with van der Waals surface area (Å²) in [5.41, 5.74) is 2.44. The first-order chi connectivity index (χ1) is 19.2. The van der Waals surface area contributed by atoms with Crippen LogP contribution in [0.1, 0.15) is 46.0 Å². The van der Waals surface area contributed by atoms with Crippen LogP contribution in [0.4, 0.5) is 16.2 Å². The van der Waals surface area contributed by atoms with Gasteiger partial charge in [-0.1, -0.05) is 49.2 Å². The third-order valence-electron chi connectivity index (χ3n) is 5.68. The maximum atomic E-state index is 12.7. The van der Waals surface area contributed by atoms with Gasteiger partial charge in [-0.3, -0.25) is 4.79 Å². The molecule has 0 radical (unpaired) electrons. The van der Waals surface area contributed by atoms with Crippen molar-refractivity contribution in [1.29, 1.82) is 0 Å². The molecule has 0 spiro atoms. The van der Waals surface area contributed by atoms with Gasteiger partial charge in [0.05, 0.1) is 42.2 Å². The summed E-state index contributed by atoms with van der Waals surface area (Å²) in [4.78, 5) is 37.1. The third-order valence-corrected chi connectivity index (χ3v) is 6.23. The largest absolute Gasteiger partial charge is 0.491 e. The fourth-order valence-electron chi connectivity index (χ4n) is 3.55. The van der Waals surface area contributed by atoms with E-state index in [9.17, 15) is 14.4 Å². The van der Waals surface area contributed by atoms with Crippen molar-refractivity contribution in [2.24, 2.45) is 0 Å². The lowest BCUT2D eigenvalue weighted by Gasteiger charge is -2.13. The van der Waals surface area contributed by atoms with E-state index in [1.807, 2.05) is 24.3 Å². The Labute approximate surface area is 243 Å². The van der Waals surface area contributed by atoms with Crippen molar-refractivity contribution in [3.63, 3.8) is 0 Å².